The number of nitrogen functional groups attached to an aromatic ring is 1. The number of nitriles is 2. The smallest absolute Gasteiger partial charge is 0.0992 e. The van der Waals surface area contributed by atoms with Crippen molar-refractivity contribution in [3.8, 4) is 23.3 Å². The number of nitrogens with zero attached hydrogens (tertiary/aromatic N) is 2. The summed E-state index contributed by atoms with van der Waals surface area (Å²) in [5.74, 6) is 0. The molecule has 0 amide bonds. The van der Waals surface area contributed by atoms with Crippen LogP contribution in [-0.2, 0) is 0 Å². The van der Waals surface area contributed by atoms with Gasteiger partial charge in [-0.1, -0.05) is 12.1 Å². The van der Waals surface area contributed by atoms with E-state index in [4.69, 9.17) is 16.3 Å². The minimum absolute atomic E-state index is 0.482. The van der Waals surface area contributed by atoms with Crippen LogP contribution < -0.4 is 5.73 Å². The highest BCUT2D eigenvalue weighted by atomic mass is 14.5. The lowest BCUT2D eigenvalue weighted by Gasteiger charge is -2.03. The number of hydrogen-bond donors (Lipinski definition) is 1. The molecule has 0 aliphatic carbocycles. The van der Waals surface area contributed by atoms with Crippen molar-refractivity contribution in [1.29, 1.82) is 10.5 Å². The predicted molar refractivity (Wildman–Crippen MR) is 65.7 cm³/mol. The fourth-order valence-corrected chi connectivity index (χ4v) is 1.60. The number of anilines is 1. The van der Waals surface area contributed by atoms with Crippen LogP contribution in [-0.4, -0.2) is 0 Å². The van der Waals surface area contributed by atoms with E-state index < -0.39 is 0 Å². The molecule has 2 aromatic rings. The highest BCUT2D eigenvalue weighted by molar-refractivity contribution is 5.68. The first-order valence-electron chi connectivity index (χ1n) is 5.04. The fraction of sp³-hybridized carbons (Fsp3) is 0. The molecule has 2 rings (SSSR count). The van der Waals surface area contributed by atoms with Gasteiger partial charge < -0.3 is 5.73 Å². The summed E-state index contributed by atoms with van der Waals surface area (Å²) < 4.78 is 0. The molecule has 0 aromatic heterocycles. The van der Waals surface area contributed by atoms with Crippen molar-refractivity contribution in [3.63, 3.8) is 0 Å². The van der Waals surface area contributed by atoms with E-state index in [9.17, 15) is 0 Å². The van der Waals surface area contributed by atoms with Crippen LogP contribution in [0.3, 0.4) is 0 Å². The maximum Gasteiger partial charge on any atom is 0.0992 e. The summed E-state index contributed by atoms with van der Waals surface area (Å²) in [6, 6.07) is 16.5. The Morgan fingerprint density at radius 1 is 0.765 bits per heavy atom. The van der Waals surface area contributed by atoms with Crippen LogP contribution in [0.5, 0.6) is 0 Å². The Bertz CT molecular complexity index is 596. The number of hydrogen-bond acceptors (Lipinski definition) is 3. The molecule has 17 heavy (non-hydrogen) atoms. The highest BCUT2D eigenvalue weighted by Gasteiger charge is 2.02. The van der Waals surface area contributed by atoms with Gasteiger partial charge in [-0.3, -0.25) is 0 Å². The summed E-state index contributed by atoms with van der Waals surface area (Å²) in [7, 11) is 0. The molecule has 80 valence electrons. The van der Waals surface area contributed by atoms with Crippen molar-refractivity contribution in [1.82, 2.24) is 0 Å². The Hall–Kier alpha value is -2.78. The number of benzene rings is 2. The molecule has 0 aliphatic heterocycles. The van der Waals surface area contributed by atoms with E-state index in [2.05, 4.69) is 0 Å². The van der Waals surface area contributed by atoms with Crippen LogP contribution >= 0.6 is 0 Å². The van der Waals surface area contributed by atoms with Crippen LogP contribution in [0.25, 0.3) is 11.1 Å². The van der Waals surface area contributed by atoms with Gasteiger partial charge in [-0.2, -0.15) is 10.5 Å². The zero-order valence-electron chi connectivity index (χ0n) is 9.01. The minimum Gasteiger partial charge on any atom is -0.399 e. The molecule has 2 aromatic carbocycles. The predicted octanol–water partition coefficient (Wildman–Crippen LogP) is 2.68. The van der Waals surface area contributed by atoms with Gasteiger partial charge in [-0.15, -0.1) is 0 Å². The molecule has 0 saturated heterocycles. The molecule has 0 atom stereocenters. The Kier molecular flexibility index (Phi) is 2.77. The second kappa shape index (κ2) is 4.38. The van der Waals surface area contributed by atoms with E-state index in [1.807, 2.05) is 24.3 Å². The highest BCUT2D eigenvalue weighted by Crippen LogP contribution is 2.23. The molecule has 0 radical (unpaired) electrons. The van der Waals surface area contributed by atoms with Gasteiger partial charge in [0, 0.05) is 5.69 Å². The van der Waals surface area contributed by atoms with Gasteiger partial charge in [-0.25, -0.2) is 0 Å². The lowest BCUT2D eigenvalue weighted by Crippen LogP contribution is -1.86. The molecular weight excluding hydrogens is 210 g/mol. The van der Waals surface area contributed by atoms with Gasteiger partial charge in [0.2, 0.25) is 0 Å². The lowest BCUT2D eigenvalue weighted by atomic mass is 10.0. The first-order chi connectivity index (χ1) is 8.22. The second-order valence-corrected chi connectivity index (χ2v) is 3.64. The van der Waals surface area contributed by atoms with Crippen molar-refractivity contribution >= 4 is 5.69 Å². The molecular formula is C14H9N3. The Morgan fingerprint density at radius 2 is 1.29 bits per heavy atom. The van der Waals surface area contributed by atoms with Crippen LogP contribution in [0.15, 0.2) is 42.5 Å². The average Bonchev–Trinajstić information content (AvgIpc) is 2.39. The van der Waals surface area contributed by atoms with Gasteiger partial charge in [0.05, 0.1) is 23.3 Å². The molecule has 0 saturated carbocycles. The molecule has 3 nitrogen and oxygen atoms in total. The molecule has 0 unspecified atom stereocenters. The first kappa shape index (κ1) is 10.7. The van der Waals surface area contributed by atoms with Crippen molar-refractivity contribution in [2.75, 3.05) is 5.73 Å². The fourth-order valence-electron chi connectivity index (χ4n) is 1.60. The Balaban J connectivity index is 2.56. The van der Waals surface area contributed by atoms with Gasteiger partial charge in [0.1, 0.15) is 0 Å². The lowest BCUT2D eigenvalue weighted by molar-refractivity contribution is 1.44. The zero-order valence-corrected chi connectivity index (χ0v) is 9.01. The maximum atomic E-state index is 8.89. The van der Waals surface area contributed by atoms with Gasteiger partial charge in [-0.05, 0) is 41.5 Å². The molecule has 0 aliphatic rings. The summed E-state index contributed by atoms with van der Waals surface area (Å²) >= 11 is 0. The minimum atomic E-state index is 0.482. The van der Waals surface area contributed by atoms with Crippen molar-refractivity contribution < 1.29 is 0 Å². The molecule has 0 bridgehead atoms. The standard InChI is InChI=1S/C14H9N3/c15-8-10-5-11(9-16)7-13(6-10)12-1-3-14(17)4-2-12/h1-7H,17H2. The number of nitrogens with two attached hydrogens (primary N) is 1. The normalized spacial score (nSPS) is 9.29. The van der Waals surface area contributed by atoms with E-state index >= 15 is 0 Å². The van der Waals surface area contributed by atoms with Crippen LogP contribution in [0.4, 0.5) is 5.69 Å². The largest absolute Gasteiger partial charge is 0.399 e. The van der Waals surface area contributed by atoms with Crippen LogP contribution in [0.1, 0.15) is 11.1 Å². The molecule has 0 fully saturated rings. The van der Waals surface area contributed by atoms with Crippen molar-refractivity contribution in [3.05, 3.63) is 53.6 Å². The third-order valence-electron chi connectivity index (χ3n) is 2.44. The summed E-state index contributed by atoms with van der Waals surface area (Å²) in [5.41, 5.74) is 9.05. The monoisotopic (exact) mass is 219 g/mol. The van der Waals surface area contributed by atoms with E-state index in [0.29, 0.717) is 16.8 Å². The third-order valence-corrected chi connectivity index (χ3v) is 2.44. The summed E-state index contributed by atoms with van der Waals surface area (Å²) in [6.45, 7) is 0. The third kappa shape index (κ3) is 2.25. The average molecular weight is 219 g/mol. The number of rotatable bonds is 1. The van der Waals surface area contributed by atoms with Gasteiger partial charge >= 0.3 is 0 Å². The van der Waals surface area contributed by atoms with Gasteiger partial charge in [0.15, 0.2) is 0 Å². The van der Waals surface area contributed by atoms with Crippen LogP contribution in [0, 0.1) is 22.7 Å². The van der Waals surface area contributed by atoms with Gasteiger partial charge in [0.25, 0.3) is 0 Å². The van der Waals surface area contributed by atoms with E-state index in [1.165, 1.54) is 0 Å². The molecule has 0 heterocycles. The quantitative estimate of drug-likeness (QED) is 0.749. The van der Waals surface area contributed by atoms with E-state index in [0.717, 1.165) is 11.1 Å². The SMILES string of the molecule is N#Cc1cc(C#N)cc(-c2ccc(N)cc2)c1. The first-order valence-corrected chi connectivity index (χ1v) is 5.04. The van der Waals surface area contributed by atoms with E-state index in [1.54, 1.807) is 30.3 Å². The summed E-state index contributed by atoms with van der Waals surface area (Å²) in [4.78, 5) is 0. The molecule has 0 spiro atoms. The maximum absolute atomic E-state index is 8.89. The molecule has 2 N–H and O–H groups in total. The summed E-state index contributed by atoms with van der Waals surface area (Å²) in [6.07, 6.45) is 0. The van der Waals surface area contributed by atoms with Crippen LogP contribution in [0.2, 0.25) is 0 Å². The second-order valence-electron chi connectivity index (χ2n) is 3.64. The Morgan fingerprint density at radius 3 is 1.76 bits per heavy atom. The summed E-state index contributed by atoms with van der Waals surface area (Å²) in [5, 5.41) is 17.8. The van der Waals surface area contributed by atoms with E-state index in [-0.39, 0.29) is 0 Å². The topological polar surface area (TPSA) is 73.6 Å². The van der Waals surface area contributed by atoms with Crippen molar-refractivity contribution in [2.45, 2.75) is 0 Å². The zero-order chi connectivity index (χ0) is 12.3. The molecule has 3 heteroatoms. The van der Waals surface area contributed by atoms with Crippen molar-refractivity contribution in [2.24, 2.45) is 0 Å². The Labute approximate surface area is 99.3 Å².